The number of nitrogen functional groups attached to an aromatic ring is 2. The molecule has 0 saturated carbocycles. The number of rotatable bonds is 6. The number of amides is 2. The third-order valence-corrected chi connectivity index (χ3v) is 3.43. The zero-order valence-corrected chi connectivity index (χ0v) is 13.6. The van der Waals surface area contributed by atoms with Gasteiger partial charge in [-0.25, -0.2) is 21.3 Å². The highest BCUT2D eigenvalue weighted by Crippen LogP contribution is 2.26. The normalized spacial score (nSPS) is 10.0. The van der Waals surface area contributed by atoms with Crippen molar-refractivity contribution < 1.29 is 34.1 Å². The molecule has 0 aromatic heterocycles. The first kappa shape index (κ1) is 19.4. The number of nitrogens with one attached hydrogen (secondary N) is 2. The van der Waals surface area contributed by atoms with Gasteiger partial charge in [0.2, 0.25) is 0 Å². The summed E-state index contributed by atoms with van der Waals surface area (Å²) in [7, 11) is 0. The van der Waals surface area contributed by atoms with Crippen molar-refractivity contribution in [1.82, 2.24) is 10.9 Å². The molecule has 2 rings (SSSR count). The first-order valence-electron chi connectivity index (χ1n) is 7.23. The molecule has 2 aromatic rings. The summed E-state index contributed by atoms with van der Waals surface area (Å²) in [5.41, 5.74) is 2.56. The monoisotopic (exact) mass is 374 g/mol. The summed E-state index contributed by atoms with van der Waals surface area (Å²) < 4.78 is 5.44. The van der Waals surface area contributed by atoms with Crippen LogP contribution in [0.3, 0.4) is 0 Å². The van der Waals surface area contributed by atoms with Crippen molar-refractivity contribution in [2.75, 3.05) is 0 Å². The van der Waals surface area contributed by atoms with E-state index < -0.39 is 23.8 Å². The molecule has 2 amide bonds. The third kappa shape index (κ3) is 4.18. The van der Waals surface area contributed by atoms with Gasteiger partial charge < -0.3 is 14.9 Å². The third-order valence-electron chi connectivity index (χ3n) is 3.43. The molecule has 8 N–H and O–H groups in total. The molecule has 11 heteroatoms. The van der Waals surface area contributed by atoms with Gasteiger partial charge in [-0.3, -0.25) is 20.4 Å². The van der Waals surface area contributed by atoms with Crippen LogP contribution in [0.2, 0.25) is 0 Å². The summed E-state index contributed by atoms with van der Waals surface area (Å²) in [5.74, 6) is 5.68. The Morgan fingerprint density at radius 2 is 1.07 bits per heavy atom. The van der Waals surface area contributed by atoms with E-state index in [1.165, 1.54) is 24.3 Å². The summed E-state index contributed by atoms with van der Waals surface area (Å²) in [4.78, 5) is 45.9. The van der Waals surface area contributed by atoms with Gasteiger partial charge >= 0.3 is 11.9 Å². The molecule has 0 spiro atoms. The van der Waals surface area contributed by atoms with E-state index >= 15 is 0 Å². The summed E-state index contributed by atoms with van der Waals surface area (Å²) in [5, 5.41) is 18.5. The van der Waals surface area contributed by atoms with E-state index in [0.29, 0.717) is 0 Å². The summed E-state index contributed by atoms with van der Waals surface area (Å²) in [6.45, 7) is 0. The van der Waals surface area contributed by atoms with Crippen molar-refractivity contribution in [2.45, 2.75) is 0 Å². The topological polar surface area (TPSA) is 194 Å². The molecule has 0 bridgehead atoms. The van der Waals surface area contributed by atoms with Crippen LogP contribution in [-0.2, 0) is 0 Å². The molecule has 0 heterocycles. The molecule has 0 fully saturated rings. The number of carbonyl (C=O) groups is 4. The lowest BCUT2D eigenvalue weighted by Crippen LogP contribution is -2.31. The van der Waals surface area contributed by atoms with E-state index in [-0.39, 0.29) is 33.8 Å². The molecular formula is C16H14N4O7. The van der Waals surface area contributed by atoms with Crippen LogP contribution < -0.4 is 27.3 Å². The van der Waals surface area contributed by atoms with Crippen LogP contribution in [0.4, 0.5) is 0 Å². The zero-order valence-electron chi connectivity index (χ0n) is 13.6. The minimum absolute atomic E-state index is 0.0216. The van der Waals surface area contributed by atoms with Crippen molar-refractivity contribution in [3.63, 3.8) is 0 Å². The fraction of sp³-hybridized carbons (Fsp3) is 0. The van der Waals surface area contributed by atoms with Gasteiger partial charge in [0.05, 0.1) is 22.3 Å². The predicted octanol–water partition coefficient (Wildman–Crippen LogP) is 0.0823. The molecule has 2 aromatic carbocycles. The van der Waals surface area contributed by atoms with Crippen LogP contribution in [0, 0.1) is 0 Å². The Bertz CT molecular complexity index is 867. The van der Waals surface area contributed by atoms with Gasteiger partial charge in [0.1, 0.15) is 11.5 Å². The maximum absolute atomic E-state index is 11.6. The standard InChI is InChI=1S/C16H14N4O7/c17-19-13(21)9-3-1-7(5-11(9)15(23)24)27-8-2-4-10(14(22)20-18)12(6-8)16(25)26/h1-6H,17-18H2,(H,19,21)(H,20,22)(H,23,24)(H,25,26). The van der Waals surface area contributed by atoms with Crippen molar-refractivity contribution in [2.24, 2.45) is 11.7 Å². The number of carbonyl (C=O) groups excluding carboxylic acids is 2. The lowest BCUT2D eigenvalue weighted by Gasteiger charge is -2.11. The van der Waals surface area contributed by atoms with Crippen LogP contribution in [0.5, 0.6) is 11.5 Å². The average Bonchev–Trinajstić information content (AvgIpc) is 2.66. The van der Waals surface area contributed by atoms with Crippen LogP contribution in [0.25, 0.3) is 0 Å². The van der Waals surface area contributed by atoms with Gasteiger partial charge in [-0.05, 0) is 36.4 Å². The number of ether oxygens (including phenoxy) is 1. The molecule has 0 radical (unpaired) electrons. The number of hydrazine groups is 2. The van der Waals surface area contributed by atoms with Crippen molar-refractivity contribution >= 4 is 23.8 Å². The van der Waals surface area contributed by atoms with E-state index in [2.05, 4.69) is 0 Å². The van der Waals surface area contributed by atoms with Gasteiger partial charge in [0, 0.05) is 0 Å². The second kappa shape index (κ2) is 7.95. The van der Waals surface area contributed by atoms with Gasteiger partial charge in [-0.2, -0.15) is 0 Å². The molecule has 0 aliphatic carbocycles. The minimum atomic E-state index is -1.39. The quantitative estimate of drug-likeness (QED) is 0.230. The first-order chi connectivity index (χ1) is 12.8. The van der Waals surface area contributed by atoms with Crippen LogP contribution >= 0.6 is 0 Å². The highest BCUT2D eigenvalue weighted by Gasteiger charge is 2.19. The van der Waals surface area contributed by atoms with Gasteiger partial charge in [0.15, 0.2) is 0 Å². The smallest absolute Gasteiger partial charge is 0.336 e. The molecular weight excluding hydrogens is 360 g/mol. The predicted molar refractivity (Wildman–Crippen MR) is 90.2 cm³/mol. The van der Waals surface area contributed by atoms with E-state index in [0.717, 1.165) is 12.1 Å². The van der Waals surface area contributed by atoms with E-state index in [9.17, 15) is 29.4 Å². The number of carboxylic acids is 2. The summed E-state index contributed by atoms with van der Waals surface area (Å²) in [6, 6.07) is 7.14. The Morgan fingerprint density at radius 3 is 1.37 bits per heavy atom. The maximum atomic E-state index is 11.6. The number of nitrogens with two attached hydrogens (primary N) is 2. The highest BCUT2D eigenvalue weighted by molar-refractivity contribution is 6.05. The molecule has 0 aliphatic heterocycles. The van der Waals surface area contributed by atoms with Crippen LogP contribution in [-0.4, -0.2) is 34.0 Å². The molecule has 140 valence electrons. The van der Waals surface area contributed by atoms with Crippen LogP contribution in [0.15, 0.2) is 36.4 Å². The minimum Gasteiger partial charge on any atom is -0.478 e. The molecule has 0 aliphatic rings. The number of hydrogen-bond donors (Lipinski definition) is 6. The highest BCUT2D eigenvalue weighted by atomic mass is 16.5. The maximum Gasteiger partial charge on any atom is 0.336 e. The van der Waals surface area contributed by atoms with E-state index in [4.69, 9.17) is 16.4 Å². The largest absolute Gasteiger partial charge is 0.478 e. The Balaban J connectivity index is 2.42. The second-order valence-corrected chi connectivity index (χ2v) is 5.07. The molecule has 11 nitrogen and oxygen atoms in total. The Kier molecular flexibility index (Phi) is 5.70. The lowest BCUT2D eigenvalue weighted by atomic mass is 10.1. The van der Waals surface area contributed by atoms with Gasteiger partial charge in [-0.15, -0.1) is 0 Å². The lowest BCUT2D eigenvalue weighted by molar-refractivity contribution is 0.0682. The Morgan fingerprint density at radius 1 is 0.704 bits per heavy atom. The van der Waals surface area contributed by atoms with Crippen molar-refractivity contribution in [3.05, 3.63) is 58.7 Å². The van der Waals surface area contributed by atoms with E-state index in [1.807, 2.05) is 10.9 Å². The molecule has 27 heavy (non-hydrogen) atoms. The summed E-state index contributed by atoms with van der Waals surface area (Å²) in [6.07, 6.45) is 0. The van der Waals surface area contributed by atoms with Crippen molar-refractivity contribution in [1.29, 1.82) is 0 Å². The number of aromatic carboxylic acids is 2. The number of carboxylic acid groups (broad SMARTS) is 2. The zero-order chi connectivity index (χ0) is 20.1. The SMILES string of the molecule is NNC(=O)c1ccc(Oc2ccc(C(=O)NN)c(C(=O)O)c2)cc1C(=O)O. The second-order valence-electron chi connectivity index (χ2n) is 5.07. The number of benzene rings is 2. The average molecular weight is 374 g/mol. The van der Waals surface area contributed by atoms with E-state index in [1.54, 1.807) is 0 Å². The Hall–Kier alpha value is -3.96. The molecule has 0 unspecified atom stereocenters. The van der Waals surface area contributed by atoms with Crippen LogP contribution in [0.1, 0.15) is 41.4 Å². The van der Waals surface area contributed by atoms with Crippen molar-refractivity contribution in [3.8, 4) is 11.5 Å². The summed E-state index contributed by atoms with van der Waals surface area (Å²) >= 11 is 0. The Labute approximate surface area is 151 Å². The molecule has 0 saturated heterocycles. The van der Waals surface area contributed by atoms with Gasteiger partial charge in [0.25, 0.3) is 11.8 Å². The van der Waals surface area contributed by atoms with Gasteiger partial charge in [-0.1, -0.05) is 0 Å². The fourth-order valence-corrected chi connectivity index (χ4v) is 2.22. The molecule has 0 atom stereocenters. The number of hydrogen-bond acceptors (Lipinski definition) is 7. The first-order valence-corrected chi connectivity index (χ1v) is 7.23. The fourth-order valence-electron chi connectivity index (χ4n) is 2.22.